The minimum atomic E-state index is 0.0401. The number of rotatable bonds is 5. The predicted molar refractivity (Wildman–Crippen MR) is 85.4 cm³/mol. The van der Waals surface area contributed by atoms with Gasteiger partial charge in [0.2, 0.25) is 5.91 Å². The highest BCUT2D eigenvalue weighted by atomic mass is 16.1. The zero-order valence-electron chi connectivity index (χ0n) is 12.9. The molecule has 2 N–H and O–H groups in total. The van der Waals surface area contributed by atoms with E-state index in [-0.39, 0.29) is 11.8 Å². The maximum absolute atomic E-state index is 12.4. The standard InChI is InChI=1S/C17H25N3O/c1-12(20(2)15-7-8-15)10-19-17(21)14-9-13-5-3-4-6-16(13)18-11-14/h3-6,12,14-15,18H,7-11H2,1-2H3,(H,19,21). The minimum Gasteiger partial charge on any atom is -0.384 e. The number of likely N-dealkylation sites (N-methyl/N-ethyl adjacent to an activating group) is 1. The summed E-state index contributed by atoms with van der Waals surface area (Å²) >= 11 is 0. The fraction of sp³-hybridized carbons (Fsp3) is 0.588. The lowest BCUT2D eigenvalue weighted by molar-refractivity contribution is -0.124. The summed E-state index contributed by atoms with van der Waals surface area (Å²) in [4.78, 5) is 14.7. The molecule has 21 heavy (non-hydrogen) atoms. The van der Waals surface area contributed by atoms with Gasteiger partial charge in [0.1, 0.15) is 0 Å². The Hall–Kier alpha value is -1.55. The predicted octanol–water partition coefficient (Wildman–Crippen LogP) is 1.87. The Morgan fingerprint density at radius 1 is 1.43 bits per heavy atom. The highest BCUT2D eigenvalue weighted by Gasteiger charge is 2.30. The van der Waals surface area contributed by atoms with Crippen LogP contribution in [-0.2, 0) is 11.2 Å². The second-order valence-electron chi connectivity index (χ2n) is 6.43. The van der Waals surface area contributed by atoms with Crippen LogP contribution in [0, 0.1) is 5.92 Å². The van der Waals surface area contributed by atoms with Crippen molar-refractivity contribution in [3.05, 3.63) is 29.8 Å². The van der Waals surface area contributed by atoms with Gasteiger partial charge >= 0.3 is 0 Å². The number of carbonyl (C=O) groups excluding carboxylic acids is 1. The Balaban J connectivity index is 1.50. The summed E-state index contributed by atoms with van der Waals surface area (Å²) in [5.41, 5.74) is 2.41. The van der Waals surface area contributed by atoms with Gasteiger partial charge in [0.05, 0.1) is 5.92 Å². The molecule has 1 heterocycles. The van der Waals surface area contributed by atoms with Gasteiger partial charge in [0, 0.05) is 30.9 Å². The van der Waals surface area contributed by atoms with E-state index in [0.29, 0.717) is 6.04 Å². The average molecular weight is 287 g/mol. The fourth-order valence-electron chi connectivity index (χ4n) is 3.01. The normalized spacial score (nSPS) is 22.3. The molecule has 0 saturated heterocycles. The molecule has 2 atom stereocenters. The molecule has 1 fully saturated rings. The van der Waals surface area contributed by atoms with E-state index in [0.717, 1.165) is 25.6 Å². The van der Waals surface area contributed by atoms with E-state index in [2.05, 4.69) is 41.6 Å². The minimum absolute atomic E-state index is 0.0401. The summed E-state index contributed by atoms with van der Waals surface area (Å²) in [5.74, 6) is 0.214. The molecular weight excluding hydrogens is 262 g/mol. The monoisotopic (exact) mass is 287 g/mol. The van der Waals surface area contributed by atoms with E-state index in [1.807, 2.05) is 12.1 Å². The van der Waals surface area contributed by atoms with Crippen LogP contribution >= 0.6 is 0 Å². The molecule has 2 unspecified atom stereocenters. The number of carbonyl (C=O) groups is 1. The van der Waals surface area contributed by atoms with Gasteiger partial charge in [-0.15, -0.1) is 0 Å². The topological polar surface area (TPSA) is 44.4 Å². The molecule has 0 radical (unpaired) electrons. The number of hydrogen-bond donors (Lipinski definition) is 2. The summed E-state index contributed by atoms with van der Waals surface area (Å²) < 4.78 is 0. The average Bonchev–Trinajstić information content (AvgIpc) is 3.35. The van der Waals surface area contributed by atoms with Gasteiger partial charge in [-0.2, -0.15) is 0 Å². The third-order valence-corrected chi connectivity index (χ3v) is 4.78. The van der Waals surface area contributed by atoms with Gasteiger partial charge in [0.15, 0.2) is 0 Å². The van der Waals surface area contributed by atoms with Crippen LogP contribution in [0.2, 0.25) is 0 Å². The smallest absolute Gasteiger partial charge is 0.225 e. The van der Waals surface area contributed by atoms with Crippen molar-refractivity contribution in [1.82, 2.24) is 10.2 Å². The van der Waals surface area contributed by atoms with Crippen molar-refractivity contribution < 1.29 is 4.79 Å². The van der Waals surface area contributed by atoms with E-state index in [9.17, 15) is 4.79 Å². The van der Waals surface area contributed by atoms with Crippen LogP contribution in [0.4, 0.5) is 5.69 Å². The summed E-state index contributed by atoms with van der Waals surface area (Å²) in [6.45, 7) is 3.66. The SMILES string of the molecule is CC(CNC(=O)C1CNc2ccccc2C1)N(C)C1CC1. The van der Waals surface area contributed by atoms with Crippen molar-refractivity contribution in [3.63, 3.8) is 0 Å². The molecule has 2 aliphatic rings. The maximum atomic E-state index is 12.4. The van der Waals surface area contributed by atoms with E-state index in [4.69, 9.17) is 0 Å². The molecular formula is C17H25N3O. The lowest BCUT2D eigenvalue weighted by Crippen LogP contribution is -2.45. The molecule has 1 aliphatic carbocycles. The molecule has 114 valence electrons. The molecule has 1 aromatic carbocycles. The first-order chi connectivity index (χ1) is 10.1. The summed E-state index contributed by atoms with van der Waals surface area (Å²) in [5, 5.41) is 6.49. The number of para-hydroxylation sites is 1. The van der Waals surface area contributed by atoms with Gasteiger partial charge in [-0.1, -0.05) is 18.2 Å². The Morgan fingerprint density at radius 3 is 2.95 bits per heavy atom. The molecule has 4 nitrogen and oxygen atoms in total. The molecule has 4 heteroatoms. The molecule has 0 bridgehead atoms. The lowest BCUT2D eigenvalue weighted by atomic mass is 9.93. The first-order valence-electron chi connectivity index (χ1n) is 7.96. The number of nitrogens with one attached hydrogen (secondary N) is 2. The first kappa shape index (κ1) is 14.4. The van der Waals surface area contributed by atoms with E-state index in [1.165, 1.54) is 24.1 Å². The van der Waals surface area contributed by atoms with E-state index < -0.39 is 0 Å². The van der Waals surface area contributed by atoms with E-state index in [1.54, 1.807) is 0 Å². The van der Waals surface area contributed by atoms with Crippen LogP contribution in [-0.4, -0.2) is 43.0 Å². The molecule has 1 aliphatic heterocycles. The zero-order valence-corrected chi connectivity index (χ0v) is 12.9. The lowest BCUT2D eigenvalue weighted by Gasteiger charge is -2.28. The van der Waals surface area contributed by atoms with Gasteiger partial charge in [0.25, 0.3) is 0 Å². The first-order valence-corrected chi connectivity index (χ1v) is 7.96. The second kappa shape index (κ2) is 6.06. The van der Waals surface area contributed by atoms with Crippen molar-refractivity contribution in [2.75, 3.05) is 25.5 Å². The van der Waals surface area contributed by atoms with Crippen molar-refractivity contribution >= 4 is 11.6 Å². The second-order valence-corrected chi connectivity index (χ2v) is 6.43. The van der Waals surface area contributed by atoms with Gasteiger partial charge in [-0.05, 0) is 44.9 Å². The molecule has 1 aromatic rings. The van der Waals surface area contributed by atoms with Gasteiger partial charge in [-0.3, -0.25) is 9.69 Å². The van der Waals surface area contributed by atoms with Crippen LogP contribution < -0.4 is 10.6 Å². The zero-order chi connectivity index (χ0) is 14.8. The van der Waals surface area contributed by atoms with Crippen molar-refractivity contribution in [1.29, 1.82) is 0 Å². The third kappa shape index (κ3) is 3.38. The number of anilines is 1. The fourth-order valence-corrected chi connectivity index (χ4v) is 3.01. The summed E-state index contributed by atoms with van der Waals surface area (Å²) in [6.07, 6.45) is 3.44. The molecule has 0 spiro atoms. The molecule has 3 rings (SSSR count). The van der Waals surface area contributed by atoms with Crippen molar-refractivity contribution in [2.24, 2.45) is 5.92 Å². The number of benzene rings is 1. The van der Waals surface area contributed by atoms with Crippen LogP contribution in [0.3, 0.4) is 0 Å². The largest absolute Gasteiger partial charge is 0.384 e. The molecule has 1 amide bonds. The third-order valence-electron chi connectivity index (χ3n) is 4.78. The van der Waals surface area contributed by atoms with E-state index >= 15 is 0 Å². The Morgan fingerprint density at radius 2 is 2.19 bits per heavy atom. The summed E-state index contributed by atoms with van der Waals surface area (Å²) in [6, 6.07) is 9.39. The van der Waals surface area contributed by atoms with Crippen LogP contribution in [0.1, 0.15) is 25.3 Å². The van der Waals surface area contributed by atoms with Crippen molar-refractivity contribution in [2.45, 2.75) is 38.3 Å². The van der Waals surface area contributed by atoms with Crippen LogP contribution in [0.15, 0.2) is 24.3 Å². The number of amides is 1. The van der Waals surface area contributed by atoms with Crippen molar-refractivity contribution in [3.8, 4) is 0 Å². The number of nitrogens with zero attached hydrogens (tertiary/aromatic N) is 1. The summed E-state index contributed by atoms with van der Waals surface area (Å²) in [7, 11) is 2.16. The van der Waals surface area contributed by atoms with Gasteiger partial charge in [-0.25, -0.2) is 0 Å². The Bertz CT molecular complexity index is 513. The number of hydrogen-bond acceptors (Lipinski definition) is 3. The maximum Gasteiger partial charge on any atom is 0.225 e. The Kier molecular flexibility index (Phi) is 4.15. The molecule has 1 saturated carbocycles. The van der Waals surface area contributed by atoms with Crippen LogP contribution in [0.5, 0.6) is 0 Å². The Labute approximate surface area is 126 Å². The van der Waals surface area contributed by atoms with Gasteiger partial charge < -0.3 is 10.6 Å². The highest BCUT2D eigenvalue weighted by Crippen LogP contribution is 2.27. The number of fused-ring (bicyclic) bond motifs is 1. The van der Waals surface area contributed by atoms with Crippen LogP contribution in [0.25, 0.3) is 0 Å². The molecule has 0 aromatic heterocycles. The quantitative estimate of drug-likeness (QED) is 0.869. The highest BCUT2D eigenvalue weighted by molar-refractivity contribution is 5.80.